The molecular weight excluding hydrogens is 370 g/mol. The molecule has 0 unspecified atom stereocenters. The number of hydrogen-bond acceptors (Lipinski definition) is 6. The van der Waals surface area contributed by atoms with Crippen LogP contribution in [0.25, 0.3) is 0 Å². The lowest BCUT2D eigenvalue weighted by molar-refractivity contribution is 0.102. The Balaban J connectivity index is 1.71. The van der Waals surface area contributed by atoms with E-state index in [9.17, 15) is 13.6 Å². The number of amides is 1. The van der Waals surface area contributed by atoms with E-state index < -0.39 is 17.5 Å². The second-order valence-electron chi connectivity index (χ2n) is 5.58. The maximum Gasteiger partial charge on any atom is 0.276 e. The normalized spacial score (nSPS) is 10.3. The average Bonchev–Trinajstić information content (AvgIpc) is 2.71. The van der Waals surface area contributed by atoms with Crippen molar-refractivity contribution in [3.63, 3.8) is 0 Å². The Bertz CT molecular complexity index is 997. The molecule has 9 heteroatoms. The third-order valence-corrected chi connectivity index (χ3v) is 3.75. The number of halogens is 2. The van der Waals surface area contributed by atoms with Crippen LogP contribution in [0.3, 0.4) is 0 Å². The lowest BCUT2D eigenvalue weighted by atomic mass is 10.2. The summed E-state index contributed by atoms with van der Waals surface area (Å²) in [6, 6.07) is 11.3. The summed E-state index contributed by atoms with van der Waals surface area (Å²) in [6.45, 7) is 0. The van der Waals surface area contributed by atoms with Crippen LogP contribution in [0.1, 0.15) is 10.5 Å². The van der Waals surface area contributed by atoms with Gasteiger partial charge < -0.3 is 20.1 Å². The van der Waals surface area contributed by atoms with E-state index in [0.717, 1.165) is 12.1 Å². The van der Waals surface area contributed by atoms with Crippen molar-refractivity contribution in [2.45, 2.75) is 0 Å². The molecule has 2 aromatic carbocycles. The maximum absolute atomic E-state index is 13.2. The largest absolute Gasteiger partial charge is 0.497 e. The molecule has 144 valence electrons. The van der Waals surface area contributed by atoms with Crippen LogP contribution in [-0.4, -0.2) is 30.3 Å². The van der Waals surface area contributed by atoms with Crippen LogP contribution >= 0.6 is 0 Å². The van der Waals surface area contributed by atoms with Crippen molar-refractivity contribution in [1.29, 1.82) is 0 Å². The number of nitrogens with zero attached hydrogens (tertiary/aromatic N) is 2. The minimum Gasteiger partial charge on any atom is -0.497 e. The Kier molecular flexibility index (Phi) is 5.64. The number of aromatic nitrogens is 2. The Labute approximate surface area is 159 Å². The fraction of sp³-hybridized carbons (Fsp3) is 0.105. The number of nitrogens with one attached hydrogen (secondary N) is 2. The van der Waals surface area contributed by atoms with E-state index in [0.29, 0.717) is 23.0 Å². The molecule has 0 saturated carbocycles. The summed E-state index contributed by atoms with van der Waals surface area (Å²) in [7, 11) is 3.08. The molecule has 0 saturated heterocycles. The van der Waals surface area contributed by atoms with E-state index in [1.807, 2.05) is 0 Å². The molecule has 3 aromatic rings. The van der Waals surface area contributed by atoms with Gasteiger partial charge in [0.25, 0.3) is 5.91 Å². The Morgan fingerprint density at radius 3 is 2.39 bits per heavy atom. The van der Waals surface area contributed by atoms with Gasteiger partial charge in [-0.25, -0.2) is 8.78 Å². The van der Waals surface area contributed by atoms with E-state index in [2.05, 4.69) is 20.8 Å². The number of hydrogen-bond donors (Lipinski definition) is 2. The van der Waals surface area contributed by atoms with Crippen molar-refractivity contribution in [1.82, 2.24) is 10.2 Å². The van der Waals surface area contributed by atoms with Gasteiger partial charge in [0, 0.05) is 17.8 Å². The van der Waals surface area contributed by atoms with Gasteiger partial charge in [-0.15, -0.1) is 10.2 Å². The monoisotopic (exact) mass is 386 g/mol. The van der Waals surface area contributed by atoms with Crippen molar-refractivity contribution in [3.05, 3.63) is 65.9 Å². The van der Waals surface area contributed by atoms with Crippen LogP contribution in [0.5, 0.6) is 11.5 Å². The molecule has 1 aromatic heterocycles. The molecule has 1 heterocycles. The molecule has 0 aliphatic heterocycles. The molecule has 0 fully saturated rings. The third-order valence-electron chi connectivity index (χ3n) is 3.75. The Hall–Kier alpha value is -3.75. The van der Waals surface area contributed by atoms with Gasteiger partial charge in [-0.3, -0.25) is 4.79 Å². The number of rotatable bonds is 6. The fourth-order valence-electron chi connectivity index (χ4n) is 2.33. The van der Waals surface area contributed by atoms with Gasteiger partial charge in [0.05, 0.1) is 19.9 Å². The number of carbonyl (C=O) groups is 1. The Morgan fingerprint density at radius 2 is 1.75 bits per heavy atom. The van der Waals surface area contributed by atoms with Crippen LogP contribution in [0.2, 0.25) is 0 Å². The van der Waals surface area contributed by atoms with E-state index in [1.165, 1.54) is 19.2 Å². The predicted molar refractivity (Wildman–Crippen MR) is 99.2 cm³/mol. The standard InChI is InChI=1S/C19H16F2N4O3/c1-27-12-4-6-15(17(10-12)28-2)23-18-8-7-16(24-25-18)19(26)22-11-3-5-13(20)14(21)9-11/h3-10H,1-2H3,(H,22,26)(H,23,25). The number of carbonyl (C=O) groups excluding carboxylic acids is 1. The maximum atomic E-state index is 13.2. The molecule has 0 atom stereocenters. The van der Waals surface area contributed by atoms with Gasteiger partial charge in [0.15, 0.2) is 23.1 Å². The first-order valence-corrected chi connectivity index (χ1v) is 8.09. The summed E-state index contributed by atoms with van der Waals surface area (Å²) >= 11 is 0. The summed E-state index contributed by atoms with van der Waals surface area (Å²) in [6.07, 6.45) is 0. The molecule has 1 amide bonds. The average molecular weight is 386 g/mol. The van der Waals surface area contributed by atoms with Crippen molar-refractivity contribution >= 4 is 23.1 Å². The molecule has 0 radical (unpaired) electrons. The number of methoxy groups -OCH3 is 2. The first kappa shape index (κ1) is 19.0. The van der Waals surface area contributed by atoms with Gasteiger partial charge in [0.2, 0.25) is 0 Å². The Morgan fingerprint density at radius 1 is 0.929 bits per heavy atom. The van der Waals surface area contributed by atoms with E-state index in [-0.39, 0.29) is 11.4 Å². The minimum absolute atomic E-state index is 0.0111. The summed E-state index contributed by atoms with van der Waals surface area (Å²) in [5.41, 5.74) is 0.754. The van der Waals surface area contributed by atoms with Crippen molar-refractivity contribution in [2.24, 2.45) is 0 Å². The molecule has 0 bridgehead atoms. The van der Waals surface area contributed by atoms with Crippen molar-refractivity contribution < 1.29 is 23.0 Å². The van der Waals surface area contributed by atoms with E-state index in [1.54, 1.807) is 31.4 Å². The van der Waals surface area contributed by atoms with Crippen LogP contribution in [0, 0.1) is 11.6 Å². The number of ether oxygens (including phenoxy) is 2. The zero-order chi connectivity index (χ0) is 20.1. The molecule has 0 aliphatic carbocycles. The summed E-state index contributed by atoms with van der Waals surface area (Å²) in [5, 5.41) is 13.2. The molecule has 2 N–H and O–H groups in total. The van der Waals surface area contributed by atoms with Crippen LogP contribution in [-0.2, 0) is 0 Å². The number of benzene rings is 2. The highest BCUT2D eigenvalue weighted by molar-refractivity contribution is 6.02. The smallest absolute Gasteiger partial charge is 0.276 e. The highest BCUT2D eigenvalue weighted by Gasteiger charge is 2.12. The number of anilines is 3. The van der Waals surface area contributed by atoms with Gasteiger partial charge in [0.1, 0.15) is 11.5 Å². The lowest BCUT2D eigenvalue weighted by Gasteiger charge is -2.12. The first-order valence-electron chi connectivity index (χ1n) is 8.09. The second-order valence-corrected chi connectivity index (χ2v) is 5.58. The van der Waals surface area contributed by atoms with Gasteiger partial charge in [-0.1, -0.05) is 0 Å². The molecule has 0 aliphatic rings. The topological polar surface area (TPSA) is 85.4 Å². The second kappa shape index (κ2) is 8.30. The highest BCUT2D eigenvalue weighted by atomic mass is 19.2. The lowest BCUT2D eigenvalue weighted by Crippen LogP contribution is -2.14. The molecule has 3 rings (SSSR count). The van der Waals surface area contributed by atoms with Gasteiger partial charge in [-0.2, -0.15) is 0 Å². The zero-order valence-electron chi connectivity index (χ0n) is 15.0. The summed E-state index contributed by atoms with van der Waals surface area (Å²) in [4.78, 5) is 12.2. The molecule has 0 spiro atoms. The summed E-state index contributed by atoms with van der Waals surface area (Å²) < 4.78 is 36.6. The molecule has 28 heavy (non-hydrogen) atoms. The quantitative estimate of drug-likeness (QED) is 0.671. The molecular formula is C19H16F2N4O3. The van der Waals surface area contributed by atoms with Crippen LogP contribution in [0.15, 0.2) is 48.5 Å². The van der Waals surface area contributed by atoms with Crippen LogP contribution < -0.4 is 20.1 Å². The predicted octanol–water partition coefficient (Wildman–Crippen LogP) is 3.77. The van der Waals surface area contributed by atoms with Crippen molar-refractivity contribution in [2.75, 3.05) is 24.9 Å². The summed E-state index contributed by atoms with van der Waals surface area (Å²) in [5.74, 6) is -1.10. The first-order chi connectivity index (χ1) is 13.5. The van der Waals surface area contributed by atoms with E-state index >= 15 is 0 Å². The highest BCUT2D eigenvalue weighted by Crippen LogP contribution is 2.30. The van der Waals surface area contributed by atoms with Crippen LogP contribution in [0.4, 0.5) is 26.0 Å². The van der Waals surface area contributed by atoms with Gasteiger partial charge in [-0.05, 0) is 36.4 Å². The SMILES string of the molecule is COc1ccc(Nc2ccc(C(=O)Nc3ccc(F)c(F)c3)nn2)c(OC)c1. The third kappa shape index (κ3) is 4.32. The van der Waals surface area contributed by atoms with Gasteiger partial charge >= 0.3 is 0 Å². The molecule has 7 nitrogen and oxygen atoms in total. The zero-order valence-corrected chi connectivity index (χ0v) is 15.0. The van der Waals surface area contributed by atoms with Crippen molar-refractivity contribution in [3.8, 4) is 11.5 Å². The minimum atomic E-state index is -1.06. The fourth-order valence-corrected chi connectivity index (χ4v) is 2.33. The van der Waals surface area contributed by atoms with E-state index in [4.69, 9.17) is 9.47 Å².